The lowest BCUT2D eigenvalue weighted by atomic mass is 10.0. The Kier molecular flexibility index (Phi) is 7.02. The van der Waals surface area contributed by atoms with Gasteiger partial charge in [0.15, 0.2) is 5.78 Å². The summed E-state index contributed by atoms with van der Waals surface area (Å²) in [5, 5.41) is 3.98. The molecule has 1 saturated heterocycles. The number of carbonyl (C=O) groups excluding carboxylic acids is 2. The summed E-state index contributed by atoms with van der Waals surface area (Å²) >= 11 is 8.27. The zero-order valence-corrected chi connectivity index (χ0v) is 21.1. The van der Waals surface area contributed by atoms with Crippen LogP contribution >= 0.6 is 43.2 Å². The van der Waals surface area contributed by atoms with Crippen LogP contribution in [0, 0.1) is 0 Å². The zero-order chi connectivity index (χ0) is 22.8. The number of nitrogens with two attached hydrogens (primary N) is 1. The number of anilines is 1. The van der Waals surface area contributed by atoms with E-state index in [-0.39, 0.29) is 36.3 Å². The summed E-state index contributed by atoms with van der Waals surface area (Å²) < 4.78 is 3.03. The Labute approximate surface area is 205 Å². The number of aromatic amines is 1. The van der Waals surface area contributed by atoms with Crippen molar-refractivity contribution in [3.63, 3.8) is 0 Å². The van der Waals surface area contributed by atoms with Crippen LogP contribution in [0.25, 0.3) is 11.3 Å². The molecule has 10 heteroatoms. The van der Waals surface area contributed by atoms with Crippen molar-refractivity contribution in [2.75, 3.05) is 18.8 Å². The quantitative estimate of drug-likeness (QED) is 0.321. The Hall–Kier alpha value is -2.17. The minimum absolute atomic E-state index is 0.0363. The lowest BCUT2D eigenvalue weighted by molar-refractivity contribution is -0.132. The number of hydrogen-bond donors (Lipinski definition) is 2. The highest BCUT2D eigenvalue weighted by Gasteiger charge is 2.25. The van der Waals surface area contributed by atoms with Crippen LogP contribution in [-0.2, 0) is 4.79 Å². The van der Waals surface area contributed by atoms with Gasteiger partial charge in [0, 0.05) is 63.6 Å². The van der Waals surface area contributed by atoms with E-state index in [9.17, 15) is 14.4 Å². The first-order valence-electron chi connectivity index (χ1n) is 10.2. The van der Waals surface area contributed by atoms with E-state index in [2.05, 4.69) is 36.8 Å². The van der Waals surface area contributed by atoms with Gasteiger partial charge in [0.25, 0.3) is 0 Å². The van der Waals surface area contributed by atoms with Gasteiger partial charge in [-0.1, -0.05) is 0 Å². The first kappa shape index (κ1) is 23.0. The molecule has 0 bridgehead atoms. The monoisotopic (exact) mass is 580 g/mol. The van der Waals surface area contributed by atoms with Crippen LogP contribution in [-0.4, -0.2) is 39.2 Å². The summed E-state index contributed by atoms with van der Waals surface area (Å²) in [4.78, 5) is 42.3. The second-order valence-corrected chi connectivity index (χ2v) is 10.3. The molecule has 168 valence electrons. The van der Waals surface area contributed by atoms with E-state index in [0.29, 0.717) is 46.1 Å². The Balaban J connectivity index is 1.31. The van der Waals surface area contributed by atoms with Crippen molar-refractivity contribution in [3.05, 3.63) is 60.1 Å². The van der Waals surface area contributed by atoms with E-state index in [1.807, 2.05) is 23.0 Å². The highest BCUT2D eigenvalue weighted by molar-refractivity contribution is 9.11. The zero-order valence-electron chi connectivity index (χ0n) is 17.1. The van der Waals surface area contributed by atoms with Crippen molar-refractivity contribution >= 4 is 60.6 Å². The maximum absolute atomic E-state index is 12.7. The molecule has 3 aromatic rings. The molecule has 4 rings (SSSR count). The number of piperidine rings is 1. The number of aromatic nitrogens is 2. The average Bonchev–Trinajstić information content (AvgIpc) is 3.45. The second kappa shape index (κ2) is 9.76. The first-order valence-corrected chi connectivity index (χ1v) is 12.8. The average molecular weight is 582 g/mol. The number of carbonyl (C=O) groups is 2. The standard InChI is InChI=1S/C22H22Br2N4O3S/c23-16-9-14(10-17(24)21(16)25)19(29)1-2-20(30)27-6-3-15(4-7-27)28-11-18(26-22(28)31)13-5-8-32-12-13/h5,8-12,15H,1-4,6-7,25H2,(H,26,31). The van der Waals surface area contributed by atoms with E-state index in [1.54, 1.807) is 32.9 Å². The Morgan fingerprint density at radius 2 is 1.84 bits per heavy atom. The number of thiophene rings is 1. The minimum Gasteiger partial charge on any atom is -0.397 e. The number of Topliss-reactive ketones (excluding diaryl/α,β-unsaturated/α-hetero) is 1. The molecular formula is C22H22Br2N4O3S. The van der Waals surface area contributed by atoms with Gasteiger partial charge in [0.05, 0.1) is 11.4 Å². The van der Waals surface area contributed by atoms with Crippen LogP contribution in [0.1, 0.15) is 42.1 Å². The Bertz CT molecular complexity index is 1170. The largest absolute Gasteiger partial charge is 0.397 e. The third kappa shape index (κ3) is 4.92. The second-order valence-electron chi connectivity index (χ2n) is 7.78. The number of nitrogens with zero attached hydrogens (tertiary/aromatic N) is 2. The molecule has 0 spiro atoms. The van der Waals surface area contributed by atoms with Crippen molar-refractivity contribution in [1.82, 2.24) is 14.5 Å². The van der Waals surface area contributed by atoms with Crippen molar-refractivity contribution in [2.45, 2.75) is 31.7 Å². The Morgan fingerprint density at radius 3 is 2.47 bits per heavy atom. The number of likely N-dealkylation sites (tertiary alicyclic amines) is 1. The van der Waals surface area contributed by atoms with Gasteiger partial charge in [-0.15, -0.1) is 0 Å². The molecule has 1 fully saturated rings. The summed E-state index contributed by atoms with van der Waals surface area (Å²) in [6.07, 6.45) is 3.59. The summed E-state index contributed by atoms with van der Waals surface area (Å²) in [5.74, 6) is -0.139. The van der Waals surface area contributed by atoms with Crippen molar-refractivity contribution in [3.8, 4) is 11.3 Å². The molecule has 1 aliphatic heterocycles. The third-order valence-corrected chi connectivity index (χ3v) is 7.75. The lowest BCUT2D eigenvalue weighted by Crippen LogP contribution is -2.40. The number of nitrogens with one attached hydrogen (secondary N) is 1. The molecule has 3 heterocycles. The first-order chi connectivity index (χ1) is 15.3. The molecule has 2 aromatic heterocycles. The SMILES string of the molecule is Nc1c(Br)cc(C(=O)CCC(=O)N2CCC(n3cc(-c4ccsc4)[nH]c3=O)CC2)cc1Br. The molecule has 32 heavy (non-hydrogen) atoms. The fraction of sp³-hybridized carbons (Fsp3) is 0.318. The summed E-state index contributed by atoms with van der Waals surface area (Å²) in [6.45, 7) is 1.14. The number of benzene rings is 1. The van der Waals surface area contributed by atoms with Gasteiger partial charge in [0.1, 0.15) is 0 Å². The fourth-order valence-corrected chi connectivity index (χ4v) is 5.75. The number of hydrogen-bond acceptors (Lipinski definition) is 5. The number of halogens is 2. The van der Waals surface area contributed by atoms with Crippen LogP contribution in [0.5, 0.6) is 0 Å². The van der Waals surface area contributed by atoms with E-state index in [1.165, 1.54) is 0 Å². The van der Waals surface area contributed by atoms with Crippen LogP contribution in [0.15, 0.2) is 48.9 Å². The molecule has 0 unspecified atom stereocenters. The fourth-order valence-electron chi connectivity index (χ4n) is 3.91. The van der Waals surface area contributed by atoms with Crippen molar-refractivity contribution < 1.29 is 9.59 Å². The van der Waals surface area contributed by atoms with Gasteiger partial charge < -0.3 is 15.6 Å². The third-order valence-electron chi connectivity index (χ3n) is 5.75. The van der Waals surface area contributed by atoms with Gasteiger partial charge >= 0.3 is 5.69 Å². The maximum Gasteiger partial charge on any atom is 0.326 e. The van der Waals surface area contributed by atoms with Gasteiger partial charge in [-0.3, -0.25) is 14.2 Å². The molecule has 0 aliphatic carbocycles. The van der Waals surface area contributed by atoms with Crippen LogP contribution in [0.3, 0.4) is 0 Å². The smallest absolute Gasteiger partial charge is 0.326 e. The lowest BCUT2D eigenvalue weighted by Gasteiger charge is -2.32. The molecule has 0 radical (unpaired) electrons. The summed E-state index contributed by atoms with van der Waals surface area (Å²) in [5.41, 5.74) is 8.61. The predicted octanol–water partition coefficient (Wildman–Crippen LogP) is 4.84. The van der Waals surface area contributed by atoms with E-state index in [0.717, 1.165) is 11.3 Å². The molecule has 1 aliphatic rings. The molecule has 1 aromatic carbocycles. The highest BCUT2D eigenvalue weighted by atomic mass is 79.9. The van der Waals surface area contributed by atoms with Crippen molar-refractivity contribution in [2.24, 2.45) is 0 Å². The van der Waals surface area contributed by atoms with Crippen LogP contribution in [0.2, 0.25) is 0 Å². The van der Waals surface area contributed by atoms with E-state index >= 15 is 0 Å². The molecule has 3 N–H and O–H groups in total. The molecular weight excluding hydrogens is 560 g/mol. The Morgan fingerprint density at radius 1 is 1.16 bits per heavy atom. The van der Waals surface area contributed by atoms with Gasteiger partial charge in [0.2, 0.25) is 5.91 Å². The topological polar surface area (TPSA) is 101 Å². The summed E-state index contributed by atoms with van der Waals surface area (Å²) in [7, 11) is 0. The molecule has 0 saturated carbocycles. The van der Waals surface area contributed by atoms with E-state index < -0.39 is 0 Å². The van der Waals surface area contributed by atoms with Gasteiger partial charge in [-0.05, 0) is 68.3 Å². The highest BCUT2D eigenvalue weighted by Crippen LogP contribution is 2.30. The van der Waals surface area contributed by atoms with Crippen LogP contribution in [0.4, 0.5) is 5.69 Å². The van der Waals surface area contributed by atoms with Crippen LogP contribution < -0.4 is 11.4 Å². The summed E-state index contributed by atoms with van der Waals surface area (Å²) in [6, 6.07) is 5.39. The number of imidazole rings is 1. The number of amides is 1. The predicted molar refractivity (Wildman–Crippen MR) is 133 cm³/mol. The number of H-pyrrole nitrogens is 1. The minimum atomic E-state index is -0.123. The maximum atomic E-state index is 12.7. The van der Waals surface area contributed by atoms with Crippen molar-refractivity contribution in [1.29, 1.82) is 0 Å². The normalized spacial score (nSPS) is 14.6. The molecule has 1 amide bonds. The molecule has 0 atom stereocenters. The number of rotatable bonds is 6. The number of nitrogen functional groups attached to an aromatic ring is 1. The van der Waals surface area contributed by atoms with Gasteiger partial charge in [-0.2, -0.15) is 11.3 Å². The number of ketones is 1. The molecule has 7 nitrogen and oxygen atoms in total. The van der Waals surface area contributed by atoms with E-state index in [4.69, 9.17) is 5.73 Å². The van der Waals surface area contributed by atoms with Gasteiger partial charge in [-0.25, -0.2) is 4.79 Å².